The van der Waals surface area contributed by atoms with Crippen molar-refractivity contribution in [1.82, 2.24) is 4.31 Å². The molecule has 1 unspecified atom stereocenters. The standard InChI is InChI=1S/C4H5Cl2NS.C2H3ClO2/c1-7-2-3(5)4(6)8-7;3-1-2(4)5/h2,4H,1H3;1H2,(H,4,5). The molecule has 0 fully saturated rings. The molecular weight excluding hydrogens is 256 g/mol. The summed E-state index contributed by atoms with van der Waals surface area (Å²) >= 11 is 17.5. The first kappa shape index (κ1) is 13.2. The Labute approximate surface area is 95.8 Å². The van der Waals surface area contributed by atoms with Crippen molar-refractivity contribution in [3.8, 4) is 0 Å². The molecule has 0 aromatic heterocycles. The van der Waals surface area contributed by atoms with E-state index in [0.29, 0.717) is 5.03 Å². The summed E-state index contributed by atoms with van der Waals surface area (Å²) < 4.78 is 1.82. The van der Waals surface area contributed by atoms with Gasteiger partial charge in [0.05, 0.1) is 5.03 Å². The van der Waals surface area contributed by atoms with E-state index in [1.807, 2.05) is 17.6 Å². The Bertz CT molecular complexity index is 212. The first-order valence-electron chi connectivity index (χ1n) is 3.16. The zero-order chi connectivity index (χ0) is 10.4. The molecule has 0 aliphatic carbocycles. The number of hydrogen-bond acceptors (Lipinski definition) is 3. The van der Waals surface area contributed by atoms with Crippen LogP contribution in [-0.2, 0) is 4.79 Å². The SMILES string of the molecule is CN1C=C(Cl)C(Cl)S1.O=C(O)CCl. The first-order chi connectivity index (χ1) is 5.97. The van der Waals surface area contributed by atoms with Gasteiger partial charge in [0.2, 0.25) is 0 Å². The minimum Gasteiger partial charge on any atom is -0.480 e. The summed E-state index contributed by atoms with van der Waals surface area (Å²) in [6.07, 6.45) is 1.81. The largest absolute Gasteiger partial charge is 0.480 e. The Balaban J connectivity index is 0.000000252. The number of nitrogens with zero attached hydrogens (tertiary/aromatic N) is 1. The van der Waals surface area contributed by atoms with Gasteiger partial charge in [0.1, 0.15) is 10.6 Å². The highest BCUT2D eigenvalue weighted by Gasteiger charge is 2.18. The Kier molecular flexibility index (Phi) is 6.77. The molecule has 0 spiro atoms. The van der Waals surface area contributed by atoms with Crippen molar-refractivity contribution >= 4 is 52.7 Å². The average Bonchev–Trinajstić information content (AvgIpc) is 2.31. The smallest absolute Gasteiger partial charge is 0.318 e. The molecule has 1 atom stereocenters. The normalized spacial score (nSPS) is 20.5. The van der Waals surface area contributed by atoms with Crippen molar-refractivity contribution in [2.24, 2.45) is 0 Å². The van der Waals surface area contributed by atoms with E-state index in [4.69, 9.17) is 39.9 Å². The molecule has 0 radical (unpaired) electrons. The number of carboxylic acid groups (broad SMARTS) is 1. The Morgan fingerprint density at radius 3 is 2.38 bits per heavy atom. The molecular formula is C6H8Cl3NO2S. The van der Waals surface area contributed by atoms with Gasteiger partial charge in [0.25, 0.3) is 0 Å². The van der Waals surface area contributed by atoms with Gasteiger partial charge in [-0.05, 0) is 11.9 Å². The third-order valence-electron chi connectivity index (χ3n) is 0.895. The number of hydrogen-bond donors (Lipinski definition) is 1. The molecule has 13 heavy (non-hydrogen) atoms. The number of rotatable bonds is 1. The highest BCUT2D eigenvalue weighted by Crippen LogP contribution is 2.34. The zero-order valence-electron chi connectivity index (χ0n) is 6.71. The molecule has 1 aliphatic rings. The summed E-state index contributed by atoms with van der Waals surface area (Å²) in [5, 5.41) is 8.30. The van der Waals surface area contributed by atoms with Gasteiger partial charge in [-0.15, -0.1) is 23.2 Å². The molecule has 0 aromatic carbocycles. The quantitative estimate of drug-likeness (QED) is 0.584. The van der Waals surface area contributed by atoms with E-state index in [-0.39, 0.29) is 10.6 Å². The lowest BCUT2D eigenvalue weighted by Gasteiger charge is -2.03. The van der Waals surface area contributed by atoms with Gasteiger partial charge >= 0.3 is 5.97 Å². The molecule has 1 rings (SSSR count). The number of carboxylic acids is 1. The van der Waals surface area contributed by atoms with Crippen LogP contribution < -0.4 is 0 Å². The van der Waals surface area contributed by atoms with E-state index in [9.17, 15) is 4.79 Å². The highest BCUT2D eigenvalue weighted by molar-refractivity contribution is 7.99. The Hall–Kier alpha value is 0.230. The molecule has 3 nitrogen and oxygen atoms in total. The van der Waals surface area contributed by atoms with Gasteiger partial charge in [-0.25, -0.2) is 0 Å². The van der Waals surface area contributed by atoms with E-state index in [1.54, 1.807) is 0 Å². The maximum atomic E-state index is 9.24. The van der Waals surface area contributed by atoms with Crippen LogP contribution in [0.15, 0.2) is 11.2 Å². The summed E-state index contributed by atoms with van der Waals surface area (Å²) in [5.41, 5.74) is 0. The average molecular weight is 265 g/mol. The minimum absolute atomic E-state index is 0.0679. The highest BCUT2D eigenvalue weighted by atomic mass is 35.5. The second-order valence-corrected chi connectivity index (χ2v) is 4.67. The third-order valence-corrected chi connectivity index (χ3v) is 3.03. The fourth-order valence-electron chi connectivity index (χ4n) is 0.459. The van der Waals surface area contributed by atoms with Crippen molar-refractivity contribution in [3.63, 3.8) is 0 Å². The van der Waals surface area contributed by atoms with Gasteiger partial charge in [-0.3, -0.25) is 4.79 Å². The van der Waals surface area contributed by atoms with Crippen LogP contribution in [0.2, 0.25) is 0 Å². The molecule has 0 amide bonds. The first-order valence-corrected chi connectivity index (χ1v) is 5.34. The summed E-state index contributed by atoms with van der Waals surface area (Å²) in [4.78, 5) is 9.24. The van der Waals surface area contributed by atoms with E-state index in [2.05, 4.69) is 0 Å². The molecule has 7 heteroatoms. The van der Waals surface area contributed by atoms with Crippen LogP contribution in [0.25, 0.3) is 0 Å². The lowest BCUT2D eigenvalue weighted by atomic mass is 10.7. The lowest BCUT2D eigenvalue weighted by Crippen LogP contribution is -1.93. The van der Waals surface area contributed by atoms with Crippen LogP contribution in [0.4, 0.5) is 0 Å². The molecule has 1 N–H and O–H groups in total. The van der Waals surface area contributed by atoms with Crippen molar-refractivity contribution in [2.75, 3.05) is 12.9 Å². The molecule has 0 saturated carbocycles. The lowest BCUT2D eigenvalue weighted by molar-refractivity contribution is -0.134. The molecule has 0 bridgehead atoms. The summed E-state index contributed by atoms with van der Waals surface area (Å²) in [6, 6.07) is 0. The summed E-state index contributed by atoms with van der Waals surface area (Å²) in [7, 11) is 1.91. The van der Waals surface area contributed by atoms with Crippen LogP contribution in [0.3, 0.4) is 0 Å². The van der Waals surface area contributed by atoms with Gasteiger partial charge in [-0.1, -0.05) is 11.6 Å². The van der Waals surface area contributed by atoms with Crippen molar-refractivity contribution in [3.05, 3.63) is 11.2 Å². The second kappa shape index (κ2) is 6.65. The summed E-state index contributed by atoms with van der Waals surface area (Å²) in [5.74, 6) is -1.29. The number of alkyl halides is 2. The van der Waals surface area contributed by atoms with Crippen molar-refractivity contribution < 1.29 is 9.90 Å². The predicted octanol–water partition coefficient (Wildman–Crippen LogP) is 2.53. The van der Waals surface area contributed by atoms with Gasteiger partial charge in [0, 0.05) is 13.2 Å². The maximum Gasteiger partial charge on any atom is 0.318 e. The van der Waals surface area contributed by atoms with E-state index in [1.165, 1.54) is 11.9 Å². The van der Waals surface area contributed by atoms with Gasteiger partial charge < -0.3 is 9.41 Å². The van der Waals surface area contributed by atoms with Crippen LogP contribution in [0, 0.1) is 0 Å². The van der Waals surface area contributed by atoms with E-state index >= 15 is 0 Å². The molecule has 76 valence electrons. The maximum absolute atomic E-state index is 9.24. The van der Waals surface area contributed by atoms with Crippen LogP contribution in [-0.4, -0.2) is 33.0 Å². The fourth-order valence-corrected chi connectivity index (χ4v) is 1.84. The number of halogens is 3. The van der Waals surface area contributed by atoms with Crippen LogP contribution in [0.5, 0.6) is 0 Å². The number of carbonyl (C=O) groups is 1. The second-order valence-electron chi connectivity index (χ2n) is 2.01. The number of aliphatic carboxylic acids is 1. The van der Waals surface area contributed by atoms with Gasteiger partial charge in [-0.2, -0.15) is 0 Å². The van der Waals surface area contributed by atoms with Crippen molar-refractivity contribution in [2.45, 2.75) is 4.71 Å². The van der Waals surface area contributed by atoms with E-state index < -0.39 is 5.97 Å². The predicted molar refractivity (Wildman–Crippen MR) is 57.3 cm³/mol. The van der Waals surface area contributed by atoms with Crippen molar-refractivity contribution in [1.29, 1.82) is 0 Å². The monoisotopic (exact) mass is 263 g/mol. The third kappa shape index (κ3) is 6.32. The fraction of sp³-hybridized carbons (Fsp3) is 0.500. The topological polar surface area (TPSA) is 40.5 Å². The molecule has 1 aliphatic heterocycles. The van der Waals surface area contributed by atoms with Gasteiger partial charge in [0.15, 0.2) is 0 Å². The van der Waals surface area contributed by atoms with Crippen LogP contribution >= 0.6 is 46.8 Å². The Morgan fingerprint density at radius 2 is 2.31 bits per heavy atom. The zero-order valence-corrected chi connectivity index (χ0v) is 9.79. The molecule has 0 saturated heterocycles. The molecule has 1 heterocycles. The minimum atomic E-state index is -0.980. The molecule has 0 aromatic rings. The van der Waals surface area contributed by atoms with Crippen LogP contribution in [0.1, 0.15) is 0 Å². The van der Waals surface area contributed by atoms with E-state index in [0.717, 1.165) is 0 Å². The Morgan fingerprint density at radius 1 is 1.85 bits per heavy atom. The summed E-state index contributed by atoms with van der Waals surface area (Å²) in [6.45, 7) is 0.